The Morgan fingerprint density at radius 1 is 1.13 bits per heavy atom. The highest BCUT2D eigenvalue weighted by Crippen LogP contribution is 2.24. The summed E-state index contributed by atoms with van der Waals surface area (Å²) in [6.07, 6.45) is 1.61. The van der Waals surface area contributed by atoms with Crippen LogP contribution in [0.5, 0.6) is 0 Å². The molecular weight excluding hydrogens is 479 g/mol. The highest BCUT2D eigenvalue weighted by atomic mass is 35.5. The van der Waals surface area contributed by atoms with Crippen molar-refractivity contribution in [2.24, 2.45) is 0 Å². The monoisotopic (exact) mass is 496 g/mol. The molecule has 1 N–H and O–H groups in total. The van der Waals surface area contributed by atoms with Crippen molar-refractivity contribution >= 4 is 56.4 Å². The Balaban J connectivity index is 1.71. The van der Waals surface area contributed by atoms with Gasteiger partial charge in [-0.25, -0.2) is 8.42 Å². The first kappa shape index (κ1) is 23.3. The number of sulfone groups is 1. The highest BCUT2D eigenvalue weighted by molar-refractivity contribution is 7.99. The van der Waals surface area contributed by atoms with Crippen LogP contribution in [0.4, 0.5) is 5.69 Å². The van der Waals surface area contributed by atoms with Gasteiger partial charge >= 0.3 is 0 Å². The Kier molecular flexibility index (Phi) is 7.77. The lowest BCUT2D eigenvalue weighted by atomic mass is 10.3. The van der Waals surface area contributed by atoms with Gasteiger partial charge in [-0.15, -0.1) is 16.8 Å². The van der Waals surface area contributed by atoms with Crippen LogP contribution in [0.15, 0.2) is 71.2 Å². The maximum atomic E-state index is 12.7. The third-order valence-corrected chi connectivity index (χ3v) is 7.04. The van der Waals surface area contributed by atoms with Crippen molar-refractivity contribution in [3.63, 3.8) is 0 Å². The standard InChI is InChI=1S/C20H18Cl2N4O3S2/c1-2-8-26-18(13-31(28,29)17-6-4-3-5-7-17)24-25-20(26)30-12-19(27)23-16-10-14(21)9-15(22)11-16/h2-7,9-11H,1,8,12-13H2,(H,23,27). The molecule has 1 heterocycles. The number of nitrogens with zero attached hydrogens (tertiary/aromatic N) is 3. The number of carbonyl (C=O) groups is 1. The molecule has 162 valence electrons. The number of hydrogen-bond acceptors (Lipinski definition) is 6. The number of benzene rings is 2. The van der Waals surface area contributed by atoms with Crippen LogP contribution >= 0.6 is 35.0 Å². The van der Waals surface area contributed by atoms with Gasteiger partial charge in [-0.2, -0.15) is 0 Å². The third kappa shape index (κ3) is 6.33. The summed E-state index contributed by atoms with van der Waals surface area (Å²) in [6, 6.07) is 12.9. The Morgan fingerprint density at radius 2 is 1.81 bits per heavy atom. The van der Waals surface area contributed by atoms with Crippen molar-refractivity contribution in [2.75, 3.05) is 11.1 Å². The summed E-state index contributed by atoms with van der Waals surface area (Å²) in [6.45, 7) is 4.01. The lowest BCUT2D eigenvalue weighted by molar-refractivity contribution is -0.113. The largest absolute Gasteiger partial charge is 0.325 e. The van der Waals surface area contributed by atoms with Crippen LogP contribution in [0.25, 0.3) is 0 Å². The van der Waals surface area contributed by atoms with E-state index < -0.39 is 9.84 Å². The first-order chi connectivity index (χ1) is 14.8. The van der Waals surface area contributed by atoms with Gasteiger partial charge in [-0.1, -0.05) is 59.2 Å². The van der Waals surface area contributed by atoms with Gasteiger partial charge in [0, 0.05) is 22.3 Å². The number of nitrogens with one attached hydrogen (secondary N) is 1. The van der Waals surface area contributed by atoms with Crippen LogP contribution < -0.4 is 5.32 Å². The molecule has 1 aromatic heterocycles. The molecule has 0 atom stereocenters. The van der Waals surface area contributed by atoms with Crippen LogP contribution in [0.2, 0.25) is 10.0 Å². The van der Waals surface area contributed by atoms with Gasteiger partial charge in [-0.05, 0) is 30.3 Å². The van der Waals surface area contributed by atoms with Crippen LogP contribution in [0.1, 0.15) is 5.82 Å². The average Bonchev–Trinajstić information content (AvgIpc) is 3.07. The molecule has 0 saturated carbocycles. The molecule has 0 saturated heterocycles. The van der Waals surface area contributed by atoms with E-state index in [1.807, 2.05) is 0 Å². The molecule has 0 aliphatic heterocycles. The Hall–Kier alpha value is -2.33. The average molecular weight is 497 g/mol. The van der Waals surface area contributed by atoms with Crippen molar-refractivity contribution in [1.82, 2.24) is 14.8 Å². The first-order valence-corrected chi connectivity index (χ1v) is 12.4. The van der Waals surface area contributed by atoms with Crippen molar-refractivity contribution in [3.8, 4) is 0 Å². The molecule has 11 heteroatoms. The summed E-state index contributed by atoms with van der Waals surface area (Å²) in [5, 5.41) is 12.0. The molecule has 3 aromatic rings. The molecule has 2 aromatic carbocycles. The summed E-state index contributed by atoms with van der Waals surface area (Å²) in [5.41, 5.74) is 0.477. The van der Waals surface area contributed by atoms with Crippen LogP contribution in [0.3, 0.4) is 0 Å². The molecule has 0 aliphatic rings. The number of thioether (sulfide) groups is 1. The normalized spacial score (nSPS) is 11.3. The minimum absolute atomic E-state index is 0.0326. The summed E-state index contributed by atoms with van der Waals surface area (Å²) >= 11 is 13.0. The van der Waals surface area contributed by atoms with E-state index in [9.17, 15) is 13.2 Å². The van der Waals surface area contributed by atoms with Gasteiger partial charge in [0.15, 0.2) is 15.0 Å². The molecule has 0 aliphatic carbocycles. The molecule has 0 spiro atoms. The predicted molar refractivity (Wildman–Crippen MR) is 123 cm³/mol. The maximum Gasteiger partial charge on any atom is 0.234 e. The zero-order valence-electron chi connectivity index (χ0n) is 16.2. The Bertz CT molecular complexity index is 1180. The van der Waals surface area contributed by atoms with E-state index in [2.05, 4.69) is 22.1 Å². The molecule has 0 unspecified atom stereocenters. The van der Waals surface area contributed by atoms with E-state index in [1.54, 1.807) is 47.0 Å². The van der Waals surface area contributed by atoms with Gasteiger partial charge in [0.1, 0.15) is 11.6 Å². The second kappa shape index (κ2) is 10.3. The van der Waals surface area contributed by atoms with Gasteiger partial charge in [-0.3, -0.25) is 4.79 Å². The van der Waals surface area contributed by atoms with Crippen molar-refractivity contribution in [2.45, 2.75) is 22.3 Å². The summed E-state index contributed by atoms with van der Waals surface area (Å²) in [4.78, 5) is 12.5. The molecule has 3 rings (SSSR count). The summed E-state index contributed by atoms with van der Waals surface area (Å²) < 4.78 is 27.0. The zero-order chi connectivity index (χ0) is 22.4. The van der Waals surface area contributed by atoms with Gasteiger partial charge in [0.25, 0.3) is 0 Å². The number of halogens is 2. The fourth-order valence-corrected chi connectivity index (χ4v) is 5.26. The molecule has 31 heavy (non-hydrogen) atoms. The first-order valence-electron chi connectivity index (χ1n) is 8.98. The SMILES string of the molecule is C=CCn1c(CS(=O)(=O)c2ccccc2)nnc1SCC(=O)Nc1cc(Cl)cc(Cl)c1. The number of carbonyl (C=O) groups excluding carboxylic acids is 1. The van der Waals surface area contributed by atoms with Crippen molar-refractivity contribution in [3.05, 3.63) is 77.1 Å². The number of allylic oxidation sites excluding steroid dienone is 1. The quantitative estimate of drug-likeness (QED) is 0.346. The topological polar surface area (TPSA) is 93.9 Å². The lowest BCUT2D eigenvalue weighted by Gasteiger charge is -2.09. The second-order valence-electron chi connectivity index (χ2n) is 6.37. The van der Waals surface area contributed by atoms with E-state index >= 15 is 0 Å². The molecule has 0 fully saturated rings. The molecule has 0 bridgehead atoms. The molecule has 7 nitrogen and oxygen atoms in total. The lowest BCUT2D eigenvalue weighted by Crippen LogP contribution is -2.15. The van der Waals surface area contributed by atoms with Gasteiger partial charge in [0.05, 0.1) is 10.6 Å². The van der Waals surface area contributed by atoms with E-state index in [0.29, 0.717) is 27.4 Å². The number of hydrogen-bond donors (Lipinski definition) is 1. The molecule has 1 amide bonds. The summed E-state index contributed by atoms with van der Waals surface area (Å²) in [7, 11) is -3.59. The number of rotatable bonds is 9. The fraction of sp³-hybridized carbons (Fsp3) is 0.150. The third-order valence-electron chi connectivity index (χ3n) is 4.01. The predicted octanol–water partition coefficient (Wildman–Crippen LogP) is 4.48. The number of anilines is 1. The number of aromatic nitrogens is 3. The Labute approximate surface area is 194 Å². The number of amides is 1. The zero-order valence-corrected chi connectivity index (χ0v) is 19.3. The van der Waals surface area contributed by atoms with Gasteiger partial charge < -0.3 is 9.88 Å². The maximum absolute atomic E-state index is 12.7. The highest BCUT2D eigenvalue weighted by Gasteiger charge is 2.21. The minimum Gasteiger partial charge on any atom is -0.325 e. The van der Waals surface area contributed by atoms with E-state index in [0.717, 1.165) is 11.8 Å². The van der Waals surface area contributed by atoms with E-state index in [-0.39, 0.29) is 28.1 Å². The second-order valence-corrected chi connectivity index (χ2v) is 10.2. The van der Waals surface area contributed by atoms with Crippen molar-refractivity contribution < 1.29 is 13.2 Å². The van der Waals surface area contributed by atoms with Crippen LogP contribution in [-0.4, -0.2) is 34.8 Å². The Morgan fingerprint density at radius 3 is 2.45 bits per heavy atom. The molecular formula is C20H18Cl2N4O3S2. The molecule has 0 radical (unpaired) electrons. The van der Waals surface area contributed by atoms with Crippen molar-refractivity contribution in [1.29, 1.82) is 0 Å². The van der Waals surface area contributed by atoms with Crippen LogP contribution in [0, 0.1) is 0 Å². The van der Waals surface area contributed by atoms with Gasteiger partial charge in [0.2, 0.25) is 5.91 Å². The minimum atomic E-state index is -3.59. The summed E-state index contributed by atoms with van der Waals surface area (Å²) in [5.74, 6) is -0.306. The van der Waals surface area contributed by atoms with E-state index in [1.165, 1.54) is 12.1 Å². The van der Waals surface area contributed by atoms with Crippen LogP contribution in [-0.2, 0) is 26.9 Å². The smallest absolute Gasteiger partial charge is 0.234 e. The van der Waals surface area contributed by atoms with E-state index in [4.69, 9.17) is 23.2 Å². The fourth-order valence-electron chi connectivity index (χ4n) is 2.68.